The number of H-pyrrole nitrogens is 1. The molecule has 0 spiro atoms. The van der Waals surface area contributed by atoms with E-state index in [1.54, 1.807) is 42.5 Å². The van der Waals surface area contributed by atoms with Crippen LogP contribution in [0.25, 0.3) is 10.9 Å². The van der Waals surface area contributed by atoms with Crippen LogP contribution in [-0.2, 0) is 10.0 Å². The molecule has 0 saturated carbocycles. The number of methoxy groups -OCH3 is 1. The van der Waals surface area contributed by atoms with E-state index in [1.165, 1.54) is 11.4 Å². The lowest BCUT2D eigenvalue weighted by atomic mass is 9.98. The van der Waals surface area contributed by atoms with Gasteiger partial charge in [-0.2, -0.15) is 4.31 Å². The molecule has 146 valence electrons. The van der Waals surface area contributed by atoms with Gasteiger partial charge in [0.05, 0.1) is 22.9 Å². The van der Waals surface area contributed by atoms with Gasteiger partial charge >= 0.3 is 0 Å². The fourth-order valence-electron chi connectivity index (χ4n) is 3.58. The number of piperidine rings is 1. The molecule has 1 aliphatic rings. The van der Waals surface area contributed by atoms with Crippen molar-refractivity contribution in [2.75, 3.05) is 20.2 Å². The van der Waals surface area contributed by atoms with E-state index in [-0.39, 0.29) is 22.9 Å². The summed E-state index contributed by atoms with van der Waals surface area (Å²) in [6.45, 7) is 0.734. The maximum atomic E-state index is 13.0. The van der Waals surface area contributed by atoms with Crippen molar-refractivity contribution in [2.45, 2.75) is 23.7 Å². The second kappa shape index (κ2) is 7.37. The van der Waals surface area contributed by atoms with E-state index in [9.17, 15) is 13.2 Å². The molecule has 0 amide bonds. The monoisotopic (exact) mass is 399 g/mol. The van der Waals surface area contributed by atoms with Crippen molar-refractivity contribution in [3.8, 4) is 5.75 Å². The number of nitrogens with one attached hydrogen (secondary N) is 1. The first-order chi connectivity index (χ1) is 13.5. The molecule has 2 heterocycles. The zero-order valence-electron chi connectivity index (χ0n) is 15.5. The predicted molar refractivity (Wildman–Crippen MR) is 106 cm³/mol. The minimum atomic E-state index is -3.62. The number of sulfonamides is 1. The van der Waals surface area contributed by atoms with E-state index in [1.807, 2.05) is 6.07 Å². The van der Waals surface area contributed by atoms with Crippen molar-refractivity contribution in [1.29, 1.82) is 0 Å². The molecule has 1 fully saturated rings. The normalized spacial score (nSPS) is 18.2. The highest BCUT2D eigenvalue weighted by Gasteiger charge is 2.32. The summed E-state index contributed by atoms with van der Waals surface area (Å²) in [5.74, 6) is 0.991. The summed E-state index contributed by atoms with van der Waals surface area (Å²) in [5, 5.41) is 0.532. The average molecular weight is 399 g/mol. The van der Waals surface area contributed by atoms with Gasteiger partial charge in [-0.3, -0.25) is 4.79 Å². The molecule has 1 unspecified atom stereocenters. The van der Waals surface area contributed by atoms with E-state index in [4.69, 9.17) is 4.74 Å². The number of hydrogen-bond donors (Lipinski definition) is 1. The molecule has 1 aliphatic heterocycles. The zero-order chi connectivity index (χ0) is 19.7. The molecule has 1 aromatic heterocycles. The number of para-hydroxylation sites is 1. The summed E-state index contributed by atoms with van der Waals surface area (Å²) in [6.07, 6.45) is 1.48. The molecule has 28 heavy (non-hydrogen) atoms. The van der Waals surface area contributed by atoms with Gasteiger partial charge in [-0.05, 0) is 49.2 Å². The van der Waals surface area contributed by atoms with Crippen molar-refractivity contribution >= 4 is 20.9 Å². The van der Waals surface area contributed by atoms with Crippen molar-refractivity contribution in [1.82, 2.24) is 14.3 Å². The summed E-state index contributed by atoms with van der Waals surface area (Å²) >= 11 is 0. The number of rotatable bonds is 4. The van der Waals surface area contributed by atoms with Gasteiger partial charge in [-0.1, -0.05) is 12.1 Å². The molecule has 3 aromatic rings. The van der Waals surface area contributed by atoms with Gasteiger partial charge in [0.15, 0.2) is 0 Å². The molecule has 1 atom stereocenters. The largest absolute Gasteiger partial charge is 0.497 e. The Morgan fingerprint density at radius 3 is 2.64 bits per heavy atom. The number of hydrogen-bond acceptors (Lipinski definition) is 5. The first kappa shape index (κ1) is 18.6. The molecular weight excluding hydrogens is 378 g/mol. The topological polar surface area (TPSA) is 92.4 Å². The molecule has 0 radical (unpaired) electrons. The summed E-state index contributed by atoms with van der Waals surface area (Å²) in [6, 6.07) is 13.5. The van der Waals surface area contributed by atoms with Crippen LogP contribution in [0.5, 0.6) is 5.75 Å². The Kier molecular flexibility index (Phi) is 4.91. The summed E-state index contributed by atoms with van der Waals surface area (Å²) in [7, 11) is -2.08. The van der Waals surface area contributed by atoms with Crippen LogP contribution in [0.2, 0.25) is 0 Å². The number of aromatic amines is 1. The summed E-state index contributed by atoms with van der Waals surface area (Å²) in [4.78, 5) is 20.0. The van der Waals surface area contributed by atoms with Gasteiger partial charge in [0, 0.05) is 19.0 Å². The van der Waals surface area contributed by atoms with Crippen molar-refractivity contribution in [2.24, 2.45) is 0 Å². The van der Waals surface area contributed by atoms with E-state index < -0.39 is 10.0 Å². The van der Waals surface area contributed by atoms with Gasteiger partial charge in [-0.25, -0.2) is 13.4 Å². The summed E-state index contributed by atoms with van der Waals surface area (Å²) < 4.78 is 32.6. The maximum Gasteiger partial charge on any atom is 0.258 e. The van der Waals surface area contributed by atoms with Crippen molar-refractivity contribution in [3.05, 3.63) is 64.7 Å². The minimum absolute atomic E-state index is 0.154. The first-order valence-electron chi connectivity index (χ1n) is 9.12. The molecule has 0 bridgehead atoms. The Morgan fingerprint density at radius 1 is 1.14 bits per heavy atom. The van der Waals surface area contributed by atoms with Crippen molar-refractivity contribution in [3.63, 3.8) is 0 Å². The van der Waals surface area contributed by atoms with Crippen LogP contribution in [0, 0.1) is 0 Å². The molecule has 4 rings (SSSR count). The van der Waals surface area contributed by atoms with Crippen LogP contribution in [0.1, 0.15) is 24.6 Å². The van der Waals surface area contributed by atoms with E-state index in [0.717, 1.165) is 6.42 Å². The molecule has 2 aromatic carbocycles. The van der Waals surface area contributed by atoms with E-state index >= 15 is 0 Å². The van der Waals surface area contributed by atoms with Crippen LogP contribution < -0.4 is 10.3 Å². The number of ether oxygens (including phenoxy) is 1. The zero-order valence-corrected chi connectivity index (χ0v) is 16.3. The van der Waals surface area contributed by atoms with E-state index in [2.05, 4.69) is 9.97 Å². The van der Waals surface area contributed by atoms with Gasteiger partial charge in [0.1, 0.15) is 11.6 Å². The number of fused-ring (bicyclic) bond motifs is 1. The lowest BCUT2D eigenvalue weighted by Crippen LogP contribution is -2.39. The van der Waals surface area contributed by atoms with Crippen LogP contribution in [0.4, 0.5) is 0 Å². The standard InChI is InChI=1S/C20H21N3O4S/c1-27-15-8-10-16(11-9-15)28(25,26)23-12-4-5-14(13-23)19-21-18-7-3-2-6-17(18)20(24)22-19/h2-3,6-11,14H,4-5,12-13H2,1H3,(H,21,22,24). The van der Waals surface area contributed by atoms with E-state index in [0.29, 0.717) is 35.4 Å². The minimum Gasteiger partial charge on any atom is -0.497 e. The fourth-order valence-corrected chi connectivity index (χ4v) is 5.10. The SMILES string of the molecule is COc1ccc(S(=O)(=O)N2CCCC(c3nc4ccccc4c(=O)[nH]3)C2)cc1. The summed E-state index contributed by atoms with van der Waals surface area (Å²) in [5.41, 5.74) is 0.423. The lowest BCUT2D eigenvalue weighted by Gasteiger charge is -2.31. The molecule has 7 nitrogen and oxygen atoms in total. The maximum absolute atomic E-state index is 13.0. The smallest absolute Gasteiger partial charge is 0.258 e. The van der Waals surface area contributed by atoms with Crippen LogP contribution in [-0.4, -0.2) is 42.9 Å². The third-order valence-corrected chi connectivity index (χ3v) is 6.98. The highest BCUT2D eigenvalue weighted by atomic mass is 32.2. The van der Waals surface area contributed by atoms with Crippen LogP contribution in [0.15, 0.2) is 58.2 Å². The Bertz CT molecular complexity index is 1160. The Hall–Kier alpha value is -2.71. The van der Waals surface area contributed by atoms with Crippen LogP contribution in [0.3, 0.4) is 0 Å². The molecular formula is C20H21N3O4S. The third kappa shape index (κ3) is 3.41. The Labute approximate surface area is 163 Å². The van der Waals surface area contributed by atoms with Gasteiger partial charge < -0.3 is 9.72 Å². The number of aromatic nitrogens is 2. The molecule has 0 aliphatic carbocycles. The van der Waals surface area contributed by atoms with Gasteiger partial charge in [0.25, 0.3) is 5.56 Å². The highest BCUT2D eigenvalue weighted by Crippen LogP contribution is 2.29. The quantitative estimate of drug-likeness (QED) is 0.728. The van der Waals surface area contributed by atoms with Crippen LogP contribution >= 0.6 is 0 Å². The van der Waals surface area contributed by atoms with Gasteiger partial charge in [-0.15, -0.1) is 0 Å². The average Bonchev–Trinajstić information content (AvgIpc) is 2.74. The highest BCUT2D eigenvalue weighted by molar-refractivity contribution is 7.89. The molecule has 1 saturated heterocycles. The third-order valence-electron chi connectivity index (χ3n) is 5.10. The second-order valence-corrected chi connectivity index (χ2v) is 8.78. The Morgan fingerprint density at radius 2 is 1.89 bits per heavy atom. The number of benzene rings is 2. The second-order valence-electron chi connectivity index (χ2n) is 6.85. The first-order valence-corrected chi connectivity index (χ1v) is 10.6. The lowest BCUT2D eigenvalue weighted by molar-refractivity contribution is 0.309. The molecule has 8 heteroatoms. The fraction of sp³-hybridized carbons (Fsp3) is 0.300. The number of nitrogens with zero attached hydrogens (tertiary/aromatic N) is 2. The van der Waals surface area contributed by atoms with Crippen molar-refractivity contribution < 1.29 is 13.2 Å². The Balaban J connectivity index is 1.63. The van der Waals surface area contributed by atoms with Gasteiger partial charge in [0.2, 0.25) is 10.0 Å². The molecule has 1 N–H and O–H groups in total. The predicted octanol–water partition coefficient (Wildman–Crippen LogP) is 2.50.